The van der Waals surface area contributed by atoms with Gasteiger partial charge < -0.3 is 20.3 Å². The number of rotatable bonds is 7. The summed E-state index contributed by atoms with van der Waals surface area (Å²) < 4.78 is 5.06. The predicted molar refractivity (Wildman–Crippen MR) is 95.8 cm³/mol. The molecule has 3 rings (SSSR count). The standard InChI is InChI=1S/C19H25N3O4/c1-26-15-8-6-13(7-9-15)17(23)20-10-11-21-18(24)16-3-2-12-22(16)19(25)14-4-5-14/h6-9,14,16H,2-5,10-12H2,1H3,(H,20,23)(H,21,24)/t16-/m1/s1. The highest BCUT2D eigenvalue weighted by Gasteiger charge is 2.40. The number of carbonyl (C=O) groups is 3. The van der Waals surface area contributed by atoms with Crippen molar-refractivity contribution >= 4 is 17.7 Å². The Balaban J connectivity index is 1.40. The van der Waals surface area contributed by atoms with Gasteiger partial charge in [-0.25, -0.2) is 0 Å². The number of nitrogens with zero attached hydrogens (tertiary/aromatic N) is 1. The summed E-state index contributed by atoms with van der Waals surface area (Å²) in [5, 5.41) is 5.60. The average molecular weight is 359 g/mol. The van der Waals surface area contributed by atoms with Crippen molar-refractivity contribution in [2.24, 2.45) is 5.92 Å². The van der Waals surface area contributed by atoms with E-state index in [-0.39, 0.29) is 29.7 Å². The predicted octanol–water partition coefficient (Wildman–Crippen LogP) is 0.942. The summed E-state index contributed by atoms with van der Waals surface area (Å²) >= 11 is 0. The van der Waals surface area contributed by atoms with Crippen LogP contribution in [0.1, 0.15) is 36.0 Å². The van der Waals surface area contributed by atoms with E-state index in [1.165, 1.54) is 0 Å². The summed E-state index contributed by atoms with van der Waals surface area (Å²) in [5.41, 5.74) is 0.536. The highest BCUT2D eigenvalue weighted by Crippen LogP contribution is 2.33. The van der Waals surface area contributed by atoms with Gasteiger partial charge in [-0.15, -0.1) is 0 Å². The Morgan fingerprint density at radius 3 is 2.42 bits per heavy atom. The van der Waals surface area contributed by atoms with E-state index in [9.17, 15) is 14.4 Å². The number of likely N-dealkylation sites (tertiary alicyclic amines) is 1. The van der Waals surface area contributed by atoms with Crippen molar-refractivity contribution in [1.82, 2.24) is 15.5 Å². The molecule has 7 heteroatoms. The Morgan fingerprint density at radius 1 is 1.08 bits per heavy atom. The highest BCUT2D eigenvalue weighted by molar-refractivity contribution is 5.94. The van der Waals surface area contributed by atoms with Gasteiger partial charge in [0.15, 0.2) is 0 Å². The number of ether oxygens (including phenoxy) is 1. The zero-order valence-corrected chi connectivity index (χ0v) is 15.0. The topological polar surface area (TPSA) is 87.7 Å². The molecule has 1 aromatic carbocycles. The van der Waals surface area contributed by atoms with E-state index in [4.69, 9.17) is 4.74 Å². The summed E-state index contributed by atoms with van der Waals surface area (Å²) in [6.45, 7) is 1.34. The molecule has 3 amide bonds. The van der Waals surface area contributed by atoms with E-state index in [0.717, 1.165) is 19.3 Å². The number of amides is 3. The molecular formula is C19H25N3O4. The van der Waals surface area contributed by atoms with Crippen molar-refractivity contribution in [1.29, 1.82) is 0 Å². The molecule has 0 unspecified atom stereocenters. The summed E-state index contributed by atoms with van der Waals surface area (Å²) in [4.78, 5) is 38.4. The van der Waals surface area contributed by atoms with Crippen molar-refractivity contribution in [3.63, 3.8) is 0 Å². The first-order chi connectivity index (χ1) is 12.6. The van der Waals surface area contributed by atoms with Gasteiger partial charge in [-0.2, -0.15) is 0 Å². The average Bonchev–Trinajstić information content (AvgIpc) is 3.40. The number of benzene rings is 1. The van der Waals surface area contributed by atoms with Gasteiger partial charge in [0.2, 0.25) is 11.8 Å². The molecule has 1 aliphatic heterocycles. The molecule has 1 aliphatic carbocycles. The molecule has 1 heterocycles. The molecule has 0 radical (unpaired) electrons. The second-order valence-electron chi connectivity index (χ2n) is 6.74. The molecule has 0 bridgehead atoms. The fourth-order valence-corrected chi connectivity index (χ4v) is 3.19. The maximum absolute atomic E-state index is 12.4. The van der Waals surface area contributed by atoms with E-state index in [2.05, 4.69) is 10.6 Å². The molecule has 0 aromatic heterocycles. The van der Waals surface area contributed by atoms with Crippen LogP contribution in [-0.2, 0) is 9.59 Å². The second kappa shape index (κ2) is 8.21. The molecule has 0 spiro atoms. The van der Waals surface area contributed by atoms with Crippen LogP contribution in [0.15, 0.2) is 24.3 Å². The number of methoxy groups -OCH3 is 1. The minimum absolute atomic E-state index is 0.121. The quantitative estimate of drug-likeness (QED) is 0.710. The normalized spacial score (nSPS) is 19.1. The molecule has 2 fully saturated rings. The molecule has 1 atom stereocenters. The van der Waals surface area contributed by atoms with Gasteiger partial charge in [0.05, 0.1) is 7.11 Å². The first kappa shape index (κ1) is 18.2. The SMILES string of the molecule is COc1ccc(C(=O)NCCNC(=O)[C@H]2CCCN2C(=O)C2CC2)cc1. The van der Waals surface area contributed by atoms with Gasteiger partial charge in [-0.05, 0) is 49.9 Å². The molecule has 1 saturated carbocycles. The van der Waals surface area contributed by atoms with Gasteiger partial charge in [0, 0.05) is 31.1 Å². The fraction of sp³-hybridized carbons (Fsp3) is 0.526. The fourth-order valence-electron chi connectivity index (χ4n) is 3.19. The first-order valence-corrected chi connectivity index (χ1v) is 9.10. The van der Waals surface area contributed by atoms with Crippen LogP contribution in [0.4, 0.5) is 0 Å². The monoisotopic (exact) mass is 359 g/mol. The van der Waals surface area contributed by atoms with E-state index >= 15 is 0 Å². The Labute approximate surface area is 153 Å². The molecule has 2 N–H and O–H groups in total. The van der Waals surface area contributed by atoms with E-state index in [0.29, 0.717) is 37.4 Å². The van der Waals surface area contributed by atoms with Crippen LogP contribution < -0.4 is 15.4 Å². The summed E-state index contributed by atoms with van der Waals surface area (Å²) in [7, 11) is 1.57. The first-order valence-electron chi connectivity index (χ1n) is 9.10. The highest BCUT2D eigenvalue weighted by atomic mass is 16.5. The lowest BCUT2D eigenvalue weighted by molar-refractivity contribution is -0.139. The zero-order valence-electron chi connectivity index (χ0n) is 15.0. The largest absolute Gasteiger partial charge is 0.497 e. The maximum atomic E-state index is 12.4. The lowest BCUT2D eigenvalue weighted by Gasteiger charge is -2.24. The molecule has 26 heavy (non-hydrogen) atoms. The van der Waals surface area contributed by atoms with Crippen molar-refractivity contribution in [3.05, 3.63) is 29.8 Å². The zero-order chi connectivity index (χ0) is 18.5. The summed E-state index contributed by atoms with van der Waals surface area (Å²) in [6.07, 6.45) is 3.47. The van der Waals surface area contributed by atoms with Crippen LogP contribution in [0.5, 0.6) is 5.75 Å². The molecule has 1 saturated heterocycles. The molecule has 140 valence electrons. The maximum Gasteiger partial charge on any atom is 0.251 e. The third-order valence-corrected chi connectivity index (χ3v) is 4.83. The third-order valence-electron chi connectivity index (χ3n) is 4.83. The smallest absolute Gasteiger partial charge is 0.251 e. The van der Waals surface area contributed by atoms with Crippen molar-refractivity contribution in [2.45, 2.75) is 31.7 Å². The summed E-state index contributed by atoms with van der Waals surface area (Å²) in [5.74, 6) is 0.613. The Morgan fingerprint density at radius 2 is 1.77 bits per heavy atom. The van der Waals surface area contributed by atoms with Gasteiger partial charge in [0.25, 0.3) is 5.91 Å². The van der Waals surface area contributed by atoms with Crippen LogP contribution in [0.2, 0.25) is 0 Å². The van der Waals surface area contributed by atoms with Gasteiger partial charge in [0.1, 0.15) is 11.8 Å². The minimum Gasteiger partial charge on any atom is -0.497 e. The van der Waals surface area contributed by atoms with Crippen molar-refractivity contribution in [3.8, 4) is 5.75 Å². The van der Waals surface area contributed by atoms with Crippen LogP contribution in [0.25, 0.3) is 0 Å². The lowest BCUT2D eigenvalue weighted by Crippen LogP contribution is -2.47. The second-order valence-corrected chi connectivity index (χ2v) is 6.74. The van der Waals surface area contributed by atoms with Gasteiger partial charge >= 0.3 is 0 Å². The Bertz CT molecular complexity index is 670. The van der Waals surface area contributed by atoms with Crippen LogP contribution in [0, 0.1) is 5.92 Å². The van der Waals surface area contributed by atoms with Crippen molar-refractivity contribution < 1.29 is 19.1 Å². The molecule has 2 aliphatic rings. The Kier molecular flexibility index (Phi) is 5.75. The van der Waals surface area contributed by atoms with E-state index < -0.39 is 0 Å². The third kappa shape index (κ3) is 4.33. The van der Waals surface area contributed by atoms with Crippen molar-refractivity contribution in [2.75, 3.05) is 26.7 Å². The lowest BCUT2D eigenvalue weighted by atomic mass is 10.2. The van der Waals surface area contributed by atoms with E-state index in [1.807, 2.05) is 0 Å². The van der Waals surface area contributed by atoms with Crippen LogP contribution >= 0.6 is 0 Å². The number of carbonyl (C=O) groups excluding carboxylic acids is 3. The van der Waals surface area contributed by atoms with Gasteiger partial charge in [-0.1, -0.05) is 0 Å². The molecule has 7 nitrogen and oxygen atoms in total. The van der Waals surface area contributed by atoms with Crippen LogP contribution in [-0.4, -0.2) is 55.4 Å². The Hall–Kier alpha value is -2.57. The van der Waals surface area contributed by atoms with Crippen LogP contribution in [0.3, 0.4) is 0 Å². The number of hydrogen-bond acceptors (Lipinski definition) is 4. The summed E-state index contributed by atoms with van der Waals surface area (Å²) in [6, 6.07) is 6.46. The number of nitrogens with one attached hydrogen (secondary N) is 2. The minimum atomic E-state index is -0.361. The molecule has 1 aromatic rings. The molecular weight excluding hydrogens is 334 g/mol. The number of hydrogen-bond donors (Lipinski definition) is 2. The van der Waals surface area contributed by atoms with E-state index in [1.54, 1.807) is 36.3 Å². The van der Waals surface area contributed by atoms with Gasteiger partial charge in [-0.3, -0.25) is 14.4 Å².